The van der Waals surface area contributed by atoms with Crippen molar-refractivity contribution < 1.29 is 13.2 Å². The Kier molecular flexibility index (Phi) is 3.87. The Bertz CT molecular complexity index is 781. The van der Waals surface area contributed by atoms with Gasteiger partial charge < -0.3 is 5.32 Å². The summed E-state index contributed by atoms with van der Waals surface area (Å²) < 4.78 is 25.3. The summed E-state index contributed by atoms with van der Waals surface area (Å²) in [5.74, 6) is 2.33. The Balaban J connectivity index is 1.51. The van der Waals surface area contributed by atoms with Gasteiger partial charge in [0.25, 0.3) is 5.91 Å². The number of nitrogens with one attached hydrogen (secondary N) is 2. The van der Waals surface area contributed by atoms with Gasteiger partial charge >= 0.3 is 0 Å². The number of amides is 1. The van der Waals surface area contributed by atoms with Gasteiger partial charge in [0.05, 0.1) is 11.9 Å². The van der Waals surface area contributed by atoms with Crippen LogP contribution in [0, 0.1) is 24.7 Å². The Morgan fingerprint density at radius 2 is 1.64 bits per heavy atom. The Morgan fingerprint density at radius 3 is 2.12 bits per heavy atom. The highest BCUT2D eigenvalue weighted by Gasteiger charge is 2.51. The van der Waals surface area contributed by atoms with Crippen LogP contribution in [-0.2, 0) is 10.0 Å². The topological polar surface area (TPSA) is 75.3 Å². The van der Waals surface area contributed by atoms with Gasteiger partial charge in [-0.25, -0.2) is 8.42 Å². The molecule has 0 saturated heterocycles. The van der Waals surface area contributed by atoms with Crippen molar-refractivity contribution in [2.75, 3.05) is 11.0 Å². The van der Waals surface area contributed by atoms with Crippen LogP contribution < -0.4 is 10.0 Å². The van der Waals surface area contributed by atoms with Crippen LogP contribution in [0.25, 0.3) is 0 Å². The van der Waals surface area contributed by atoms with E-state index in [0.29, 0.717) is 11.3 Å². The minimum atomic E-state index is -3.32. The van der Waals surface area contributed by atoms with Crippen LogP contribution in [0.1, 0.15) is 54.4 Å². The number of benzene rings is 1. The molecule has 4 bridgehead atoms. The molecular weight excluding hydrogens is 336 g/mol. The minimum Gasteiger partial charge on any atom is -0.347 e. The third kappa shape index (κ3) is 3.41. The number of hydrogen-bond donors (Lipinski definition) is 2. The average molecular weight is 362 g/mol. The summed E-state index contributed by atoms with van der Waals surface area (Å²) >= 11 is 0. The molecule has 1 aromatic rings. The van der Waals surface area contributed by atoms with Gasteiger partial charge in [0.2, 0.25) is 10.0 Å². The summed E-state index contributed by atoms with van der Waals surface area (Å²) in [6, 6.07) is 5.14. The van der Waals surface area contributed by atoms with Crippen molar-refractivity contribution >= 4 is 21.6 Å². The molecule has 0 aromatic heterocycles. The van der Waals surface area contributed by atoms with E-state index in [9.17, 15) is 13.2 Å². The summed E-state index contributed by atoms with van der Waals surface area (Å²) in [5.41, 5.74) is 1.87. The molecule has 0 atom stereocenters. The van der Waals surface area contributed by atoms with Crippen molar-refractivity contribution in [1.82, 2.24) is 5.32 Å². The number of carbonyl (C=O) groups is 1. The number of aryl methyl sites for hydroxylation is 1. The van der Waals surface area contributed by atoms with Gasteiger partial charge in [-0.1, -0.05) is 0 Å². The van der Waals surface area contributed by atoms with E-state index in [0.717, 1.165) is 48.8 Å². The van der Waals surface area contributed by atoms with Gasteiger partial charge in [-0.2, -0.15) is 0 Å². The molecule has 4 fully saturated rings. The first kappa shape index (κ1) is 16.9. The molecule has 0 radical (unpaired) electrons. The van der Waals surface area contributed by atoms with E-state index in [1.54, 1.807) is 18.2 Å². The minimum absolute atomic E-state index is 0.0105. The molecule has 4 aliphatic rings. The monoisotopic (exact) mass is 362 g/mol. The molecule has 0 aliphatic heterocycles. The Labute approximate surface area is 149 Å². The lowest BCUT2D eigenvalue weighted by Gasteiger charge is -2.56. The maximum absolute atomic E-state index is 12.8. The van der Waals surface area contributed by atoms with Crippen molar-refractivity contribution in [2.45, 2.75) is 51.0 Å². The summed E-state index contributed by atoms with van der Waals surface area (Å²) in [5, 5.41) is 3.36. The van der Waals surface area contributed by atoms with E-state index < -0.39 is 10.0 Å². The zero-order valence-corrected chi connectivity index (χ0v) is 15.7. The van der Waals surface area contributed by atoms with E-state index >= 15 is 0 Å². The van der Waals surface area contributed by atoms with Crippen LogP contribution in [0.5, 0.6) is 0 Å². The average Bonchev–Trinajstić information content (AvgIpc) is 2.46. The van der Waals surface area contributed by atoms with E-state index in [1.807, 2.05) is 6.92 Å². The maximum Gasteiger partial charge on any atom is 0.251 e. The maximum atomic E-state index is 12.8. The zero-order valence-electron chi connectivity index (χ0n) is 14.8. The predicted octanol–water partition coefficient (Wildman–Crippen LogP) is 3.07. The SMILES string of the molecule is Cc1cc(C(=O)NC23CC4CC(CC(C4)C2)C3)ccc1NS(C)(=O)=O. The lowest BCUT2D eigenvalue weighted by atomic mass is 9.53. The van der Waals surface area contributed by atoms with Gasteiger partial charge in [-0.3, -0.25) is 9.52 Å². The molecular formula is C19H26N2O3S. The molecule has 0 unspecified atom stereocenters. The first-order valence-electron chi connectivity index (χ1n) is 9.12. The third-order valence-electron chi connectivity index (χ3n) is 6.20. The quantitative estimate of drug-likeness (QED) is 0.864. The third-order valence-corrected chi connectivity index (χ3v) is 6.79. The smallest absolute Gasteiger partial charge is 0.251 e. The summed E-state index contributed by atoms with van der Waals surface area (Å²) in [4.78, 5) is 12.8. The molecule has 25 heavy (non-hydrogen) atoms. The summed E-state index contributed by atoms with van der Waals surface area (Å²) in [7, 11) is -3.32. The normalized spacial score (nSPS) is 33.3. The van der Waals surface area contributed by atoms with Crippen molar-refractivity contribution in [3.63, 3.8) is 0 Å². The van der Waals surface area contributed by atoms with Gasteiger partial charge in [-0.05, 0) is 87.0 Å². The van der Waals surface area contributed by atoms with Crippen molar-refractivity contribution in [3.05, 3.63) is 29.3 Å². The lowest BCUT2D eigenvalue weighted by Crippen LogP contribution is -2.59. The Morgan fingerprint density at radius 1 is 1.08 bits per heavy atom. The van der Waals surface area contributed by atoms with Crippen LogP contribution in [0.2, 0.25) is 0 Å². The molecule has 5 rings (SSSR count). The highest BCUT2D eigenvalue weighted by Crippen LogP contribution is 2.55. The molecule has 136 valence electrons. The first-order valence-corrected chi connectivity index (χ1v) is 11.0. The van der Waals surface area contributed by atoms with E-state index in [4.69, 9.17) is 0 Å². The van der Waals surface area contributed by atoms with E-state index in [2.05, 4.69) is 10.0 Å². The number of sulfonamides is 1. The zero-order chi connectivity index (χ0) is 17.8. The van der Waals surface area contributed by atoms with Crippen LogP contribution >= 0.6 is 0 Å². The standard InChI is InChI=1S/C19H26N2O3S/c1-12-5-16(3-4-17(12)21-25(2,23)24)18(22)20-19-9-13-6-14(10-19)8-15(7-13)11-19/h3-5,13-15,21H,6-11H2,1-2H3,(H,20,22). The number of hydrogen-bond acceptors (Lipinski definition) is 3. The highest BCUT2D eigenvalue weighted by atomic mass is 32.2. The molecule has 1 amide bonds. The molecule has 4 aliphatic carbocycles. The lowest BCUT2D eigenvalue weighted by molar-refractivity contribution is -0.0167. The van der Waals surface area contributed by atoms with E-state index in [-0.39, 0.29) is 11.4 Å². The van der Waals surface area contributed by atoms with Crippen LogP contribution in [0.15, 0.2) is 18.2 Å². The molecule has 0 spiro atoms. The van der Waals surface area contributed by atoms with E-state index in [1.165, 1.54) is 19.3 Å². The van der Waals surface area contributed by atoms with Gasteiger partial charge in [0.15, 0.2) is 0 Å². The summed E-state index contributed by atoms with van der Waals surface area (Å²) in [6.07, 6.45) is 8.53. The van der Waals surface area contributed by atoms with Crippen molar-refractivity contribution in [3.8, 4) is 0 Å². The molecule has 5 nitrogen and oxygen atoms in total. The second-order valence-corrected chi connectivity index (χ2v) is 10.3. The van der Waals surface area contributed by atoms with Gasteiger partial charge in [-0.15, -0.1) is 0 Å². The largest absolute Gasteiger partial charge is 0.347 e. The fourth-order valence-corrected chi connectivity index (χ4v) is 6.32. The first-order chi connectivity index (χ1) is 11.7. The van der Waals surface area contributed by atoms with Crippen molar-refractivity contribution in [1.29, 1.82) is 0 Å². The molecule has 0 heterocycles. The predicted molar refractivity (Wildman–Crippen MR) is 98.0 cm³/mol. The Hall–Kier alpha value is -1.56. The fourth-order valence-electron chi connectivity index (χ4n) is 5.70. The van der Waals surface area contributed by atoms with Crippen molar-refractivity contribution in [2.24, 2.45) is 17.8 Å². The molecule has 1 aromatic carbocycles. The van der Waals surface area contributed by atoms with Gasteiger partial charge in [0, 0.05) is 11.1 Å². The molecule has 2 N–H and O–H groups in total. The molecule has 4 saturated carbocycles. The fraction of sp³-hybridized carbons (Fsp3) is 0.632. The number of carbonyl (C=O) groups excluding carboxylic acids is 1. The second kappa shape index (κ2) is 5.73. The highest BCUT2D eigenvalue weighted by molar-refractivity contribution is 7.92. The van der Waals surface area contributed by atoms with Crippen LogP contribution in [0.4, 0.5) is 5.69 Å². The number of rotatable bonds is 4. The van der Waals surface area contributed by atoms with Gasteiger partial charge in [0.1, 0.15) is 0 Å². The molecule has 6 heteroatoms. The second-order valence-electron chi connectivity index (χ2n) is 8.56. The number of anilines is 1. The van der Waals surface area contributed by atoms with Crippen LogP contribution in [0.3, 0.4) is 0 Å². The summed E-state index contributed by atoms with van der Waals surface area (Å²) in [6.45, 7) is 1.81. The van der Waals surface area contributed by atoms with Crippen LogP contribution in [-0.4, -0.2) is 26.1 Å².